The van der Waals surface area contributed by atoms with Gasteiger partial charge in [-0.25, -0.2) is 8.78 Å². The number of rotatable bonds is 4. The maximum atomic E-state index is 12.7. The molecule has 0 saturated carbocycles. The first-order chi connectivity index (χ1) is 9.52. The summed E-state index contributed by atoms with van der Waals surface area (Å²) in [4.78, 5) is 0. The summed E-state index contributed by atoms with van der Waals surface area (Å²) in [6.45, 7) is 0. The topological polar surface area (TPSA) is 29.5 Å². The number of benzene rings is 2. The van der Waals surface area contributed by atoms with Gasteiger partial charge in [0.15, 0.2) is 0 Å². The van der Waals surface area contributed by atoms with Gasteiger partial charge in [-0.1, -0.05) is 35.9 Å². The van der Waals surface area contributed by atoms with Gasteiger partial charge in [0.05, 0.1) is 12.1 Å². The molecule has 1 N–H and O–H groups in total. The van der Waals surface area contributed by atoms with Crippen LogP contribution in [0, 0.1) is 0 Å². The van der Waals surface area contributed by atoms with Crippen molar-refractivity contribution in [3.05, 3.63) is 64.2 Å². The van der Waals surface area contributed by atoms with Crippen LogP contribution < -0.4 is 4.74 Å². The zero-order valence-corrected chi connectivity index (χ0v) is 11.4. The molecule has 0 aliphatic heterocycles. The van der Waals surface area contributed by atoms with Crippen LogP contribution >= 0.6 is 11.6 Å². The van der Waals surface area contributed by atoms with E-state index in [0.717, 1.165) is 0 Å². The number of halogens is 3. The van der Waals surface area contributed by atoms with Crippen LogP contribution in [0.2, 0.25) is 5.02 Å². The predicted octanol–water partition coefficient (Wildman–Crippen LogP) is 4.37. The van der Waals surface area contributed by atoms with Crippen molar-refractivity contribution in [3.63, 3.8) is 0 Å². The number of methoxy groups -OCH3 is 1. The second kappa shape index (κ2) is 6.20. The normalized spacial score (nSPS) is 12.5. The number of aliphatic hydroxyl groups excluding tert-OH is 1. The van der Waals surface area contributed by atoms with Crippen molar-refractivity contribution < 1.29 is 18.6 Å². The van der Waals surface area contributed by atoms with E-state index >= 15 is 0 Å². The molecule has 20 heavy (non-hydrogen) atoms. The highest BCUT2D eigenvalue weighted by Crippen LogP contribution is 2.31. The van der Waals surface area contributed by atoms with Crippen molar-refractivity contribution in [3.8, 4) is 5.75 Å². The third-order valence-corrected chi connectivity index (χ3v) is 3.28. The number of alkyl halides is 2. The molecule has 106 valence electrons. The summed E-state index contributed by atoms with van der Waals surface area (Å²) in [7, 11) is 1.47. The molecule has 1 atom stereocenters. The molecule has 0 aliphatic carbocycles. The summed E-state index contributed by atoms with van der Waals surface area (Å²) in [5, 5.41) is 10.7. The van der Waals surface area contributed by atoms with Crippen molar-refractivity contribution in [1.29, 1.82) is 0 Å². The Kier molecular flexibility index (Phi) is 4.57. The average molecular weight is 299 g/mol. The molecule has 2 rings (SSSR count). The van der Waals surface area contributed by atoms with Gasteiger partial charge in [-0.05, 0) is 29.3 Å². The van der Waals surface area contributed by atoms with Crippen LogP contribution in [0.3, 0.4) is 0 Å². The first-order valence-electron chi connectivity index (χ1n) is 5.92. The third-order valence-electron chi connectivity index (χ3n) is 2.97. The Hall–Kier alpha value is -1.65. The Labute approximate surface area is 120 Å². The second-order valence-electron chi connectivity index (χ2n) is 4.27. The Morgan fingerprint density at radius 1 is 1.05 bits per heavy atom. The van der Waals surface area contributed by atoms with Crippen molar-refractivity contribution in [1.82, 2.24) is 0 Å². The Balaban J connectivity index is 2.35. The van der Waals surface area contributed by atoms with Crippen LogP contribution in [0.15, 0.2) is 42.5 Å². The Bertz CT molecular complexity index is 602. The van der Waals surface area contributed by atoms with E-state index < -0.39 is 12.5 Å². The summed E-state index contributed by atoms with van der Waals surface area (Å²) in [6.07, 6.45) is -3.58. The van der Waals surface area contributed by atoms with Crippen LogP contribution in [0.4, 0.5) is 8.78 Å². The highest BCUT2D eigenvalue weighted by atomic mass is 35.5. The lowest BCUT2D eigenvalue weighted by Gasteiger charge is -2.14. The molecule has 2 nitrogen and oxygen atoms in total. The lowest BCUT2D eigenvalue weighted by Crippen LogP contribution is -2.01. The lowest BCUT2D eigenvalue weighted by molar-refractivity contribution is 0.150. The van der Waals surface area contributed by atoms with Gasteiger partial charge in [0.2, 0.25) is 0 Å². The number of hydrogen-bond acceptors (Lipinski definition) is 2. The van der Waals surface area contributed by atoms with E-state index in [2.05, 4.69) is 0 Å². The maximum Gasteiger partial charge on any atom is 0.263 e. The van der Waals surface area contributed by atoms with Gasteiger partial charge in [0.1, 0.15) is 11.9 Å². The molecule has 0 aromatic heterocycles. The first-order valence-corrected chi connectivity index (χ1v) is 6.30. The molecule has 5 heteroatoms. The minimum atomic E-state index is -2.57. The molecule has 0 heterocycles. The molecule has 0 spiro atoms. The zero-order valence-electron chi connectivity index (χ0n) is 10.7. The van der Waals surface area contributed by atoms with E-state index in [1.165, 1.54) is 25.3 Å². The molecule has 1 unspecified atom stereocenters. The SMILES string of the molecule is COc1cc(C(O)c2cccc(C(F)F)c2)ccc1Cl. The molecule has 2 aromatic rings. The summed E-state index contributed by atoms with van der Waals surface area (Å²) in [5.41, 5.74) is 0.798. The summed E-state index contributed by atoms with van der Waals surface area (Å²) in [6, 6.07) is 10.5. The summed E-state index contributed by atoms with van der Waals surface area (Å²) < 4.78 is 30.4. The number of aliphatic hydroxyl groups is 1. The van der Waals surface area contributed by atoms with E-state index in [4.69, 9.17) is 16.3 Å². The van der Waals surface area contributed by atoms with Crippen molar-refractivity contribution >= 4 is 11.6 Å². The predicted molar refractivity (Wildman–Crippen MR) is 73.5 cm³/mol. The summed E-state index contributed by atoms with van der Waals surface area (Å²) in [5.74, 6) is 0.424. The summed E-state index contributed by atoms with van der Waals surface area (Å²) >= 11 is 5.91. The highest BCUT2D eigenvalue weighted by Gasteiger charge is 2.15. The molecule has 0 amide bonds. The van der Waals surface area contributed by atoms with Gasteiger partial charge in [-0.15, -0.1) is 0 Å². The number of hydrogen-bond donors (Lipinski definition) is 1. The van der Waals surface area contributed by atoms with Crippen molar-refractivity contribution in [2.24, 2.45) is 0 Å². The van der Waals surface area contributed by atoms with Crippen LogP contribution in [0.1, 0.15) is 29.2 Å². The maximum absolute atomic E-state index is 12.7. The van der Waals surface area contributed by atoms with E-state index in [1.54, 1.807) is 24.3 Å². The fraction of sp³-hybridized carbons (Fsp3) is 0.200. The molecule has 2 aromatic carbocycles. The monoisotopic (exact) mass is 298 g/mol. The van der Waals surface area contributed by atoms with Gasteiger partial charge < -0.3 is 9.84 Å². The standard InChI is InChI=1S/C15H13ClF2O2/c1-20-13-8-10(5-6-12(13)16)14(19)9-3-2-4-11(7-9)15(17)18/h2-8,14-15,19H,1H3. The molecule has 0 radical (unpaired) electrons. The molecule has 0 fully saturated rings. The Morgan fingerprint density at radius 3 is 2.35 bits per heavy atom. The third kappa shape index (κ3) is 3.08. The van der Waals surface area contributed by atoms with Crippen molar-refractivity contribution in [2.75, 3.05) is 7.11 Å². The van der Waals surface area contributed by atoms with Crippen LogP contribution in [0.5, 0.6) is 5.75 Å². The van der Waals surface area contributed by atoms with Gasteiger partial charge >= 0.3 is 0 Å². The van der Waals surface area contributed by atoms with E-state index in [-0.39, 0.29) is 5.56 Å². The second-order valence-corrected chi connectivity index (χ2v) is 4.67. The fourth-order valence-corrected chi connectivity index (χ4v) is 2.10. The quantitative estimate of drug-likeness (QED) is 0.908. The number of ether oxygens (including phenoxy) is 1. The Morgan fingerprint density at radius 2 is 1.70 bits per heavy atom. The zero-order chi connectivity index (χ0) is 14.7. The van der Waals surface area contributed by atoms with Crippen LogP contribution in [-0.2, 0) is 0 Å². The van der Waals surface area contributed by atoms with Crippen molar-refractivity contribution in [2.45, 2.75) is 12.5 Å². The highest BCUT2D eigenvalue weighted by molar-refractivity contribution is 6.32. The van der Waals surface area contributed by atoms with Gasteiger partial charge in [0.25, 0.3) is 6.43 Å². The van der Waals surface area contributed by atoms with E-state index in [1.807, 2.05) is 0 Å². The smallest absolute Gasteiger partial charge is 0.263 e. The lowest BCUT2D eigenvalue weighted by atomic mass is 9.99. The minimum Gasteiger partial charge on any atom is -0.495 e. The average Bonchev–Trinajstić information content (AvgIpc) is 2.47. The molecule has 0 saturated heterocycles. The first kappa shape index (κ1) is 14.8. The van der Waals surface area contributed by atoms with Gasteiger partial charge in [-0.2, -0.15) is 0 Å². The van der Waals surface area contributed by atoms with Crippen LogP contribution in [0.25, 0.3) is 0 Å². The van der Waals surface area contributed by atoms with Crippen LogP contribution in [-0.4, -0.2) is 12.2 Å². The molecular weight excluding hydrogens is 286 g/mol. The van der Waals surface area contributed by atoms with Gasteiger partial charge in [0, 0.05) is 5.56 Å². The fourth-order valence-electron chi connectivity index (χ4n) is 1.90. The largest absolute Gasteiger partial charge is 0.495 e. The molecule has 0 aliphatic rings. The van der Waals surface area contributed by atoms with E-state index in [0.29, 0.717) is 21.9 Å². The molecule has 0 bridgehead atoms. The minimum absolute atomic E-state index is 0.123. The van der Waals surface area contributed by atoms with E-state index in [9.17, 15) is 13.9 Å². The van der Waals surface area contributed by atoms with Gasteiger partial charge in [-0.3, -0.25) is 0 Å². The molecular formula is C15H13ClF2O2.